The van der Waals surface area contributed by atoms with E-state index in [4.69, 9.17) is 20.9 Å². The van der Waals surface area contributed by atoms with E-state index < -0.39 is 23.8 Å². The molecule has 4 rings (SSSR count). The van der Waals surface area contributed by atoms with Crippen LogP contribution in [0.3, 0.4) is 0 Å². The van der Waals surface area contributed by atoms with Crippen LogP contribution in [-0.4, -0.2) is 45.2 Å². The predicted molar refractivity (Wildman–Crippen MR) is 136 cm³/mol. The lowest BCUT2D eigenvalue weighted by Crippen LogP contribution is -2.41. The molecule has 2 aliphatic rings. The van der Waals surface area contributed by atoms with Gasteiger partial charge in [0.05, 0.1) is 48.6 Å². The Balaban J connectivity index is 2.03. The van der Waals surface area contributed by atoms with Crippen LogP contribution in [0.4, 0.5) is 11.4 Å². The molecule has 10 heteroatoms. The number of amides is 1. The van der Waals surface area contributed by atoms with Gasteiger partial charge in [0.15, 0.2) is 0 Å². The average Bonchev–Trinajstić information content (AvgIpc) is 3.46. The summed E-state index contributed by atoms with van der Waals surface area (Å²) in [4.78, 5) is 41.9. The molecule has 1 fully saturated rings. The zero-order valence-electron chi connectivity index (χ0n) is 20.6. The zero-order valence-corrected chi connectivity index (χ0v) is 20.6. The van der Waals surface area contributed by atoms with Gasteiger partial charge in [0.25, 0.3) is 5.91 Å². The highest BCUT2D eigenvalue weighted by Crippen LogP contribution is 2.44. The topological polar surface area (TPSA) is 152 Å². The predicted octanol–water partition coefficient (Wildman–Crippen LogP) is 2.28. The van der Waals surface area contributed by atoms with Crippen molar-refractivity contribution in [3.8, 4) is 6.07 Å². The molecule has 10 nitrogen and oxygen atoms in total. The molecule has 0 spiro atoms. The molecule has 4 N–H and O–H groups in total. The van der Waals surface area contributed by atoms with E-state index in [-0.39, 0.29) is 22.7 Å². The van der Waals surface area contributed by atoms with E-state index >= 15 is 0 Å². The Kier molecular flexibility index (Phi) is 7.15. The number of allylic oxidation sites excluding steroid dienone is 1. The van der Waals surface area contributed by atoms with E-state index in [2.05, 4.69) is 6.07 Å². The molecule has 0 aromatic heterocycles. The van der Waals surface area contributed by atoms with E-state index in [0.29, 0.717) is 22.5 Å². The number of carbonyl (C=O) groups excluding carboxylic acids is 3. The smallest absolute Gasteiger partial charge is 0.355 e. The molecular weight excluding hydrogens is 474 g/mol. The van der Waals surface area contributed by atoms with Crippen LogP contribution in [-0.2, 0) is 19.1 Å². The Labute approximate surface area is 214 Å². The Hall–Kier alpha value is -4.78. The Bertz CT molecular complexity index is 1350. The highest BCUT2D eigenvalue weighted by Gasteiger charge is 2.43. The molecule has 0 radical (unpaired) electrons. The molecule has 37 heavy (non-hydrogen) atoms. The molecule has 0 aliphatic carbocycles. The first-order valence-corrected chi connectivity index (χ1v) is 11.7. The summed E-state index contributed by atoms with van der Waals surface area (Å²) in [7, 11) is 2.38. The number of hydrogen-bond acceptors (Lipinski definition) is 9. The van der Waals surface area contributed by atoms with Crippen molar-refractivity contribution < 1.29 is 23.9 Å². The molecule has 2 aromatic carbocycles. The molecule has 2 aromatic rings. The number of methoxy groups -OCH3 is 2. The Morgan fingerprint density at radius 1 is 1.00 bits per heavy atom. The van der Waals surface area contributed by atoms with Crippen LogP contribution < -0.4 is 21.3 Å². The quantitative estimate of drug-likeness (QED) is 0.568. The molecule has 1 atom stereocenters. The van der Waals surface area contributed by atoms with Crippen LogP contribution in [0.25, 0.3) is 0 Å². The second kappa shape index (κ2) is 10.5. The number of rotatable bonds is 6. The Morgan fingerprint density at radius 2 is 1.65 bits per heavy atom. The third kappa shape index (κ3) is 4.47. The number of carbonyl (C=O) groups is 3. The maximum Gasteiger partial charge on any atom is 0.355 e. The van der Waals surface area contributed by atoms with Crippen LogP contribution in [0.2, 0.25) is 0 Å². The van der Waals surface area contributed by atoms with Crippen molar-refractivity contribution in [1.82, 2.24) is 0 Å². The van der Waals surface area contributed by atoms with Gasteiger partial charge in [-0.15, -0.1) is 0 Å². The van der Waals surface area contributed by atoms with Crippen LogP contribution in [0.15, 0.2) is 71.2 Å². The van der Waals surface area contributed by atoms with Gasteiger partial charge in [-0.3, -0.25) is 9.69 Å². The van der Waals surface area contributed by atoms with Gasteiger partial charge in [0.1, 0.15) is 11.5 Å². The van der Waals surface area contributed by atoms with Gasteiger partial charge in [-0.2, -0.15) is 5.26 Å². The Morgan fingerprint density at radius 3 is 2.22 bits per heavy atom. The third-order valence-electron chi connectivity index (χ3n) is 6.56. The average molecular weight is 502 g/mol. The van der Waals surface area contributed by atoms with E-state index in [1.165, 1.54) is 19.1 Å². The van der Waals surface area contributed by atoms with Crippen molar-refractivity contribution in [2.75, 3.05) is 37.1 Å². The first-order valence-electron chi connectivity index (χ1n) is 11.7. The fraction of sp³-hybridized carbons (Fsp3) is 0.259. The number of ether oxygens (including phenoxy) is 2. The largest absolute Gasteiger partial charge is 0.466 e. The van der Waals surface area contributed by atoms with Gasteiger partial charge in [-0.05, 0) is 36.6 Å². The van der Waals surface area contributed by atoms with Crippen molar-refractivity contribution in [1.29, 1.82) is 5.26 Å². The minimum absolute atomic E-state index is 0.0522. The van der Waals surface area contributed by atoms with E-state index in [1.807, 2.05) is 4.90 Å². The van der Waals surface area contributed by atoms with Gasteiger partial charge >= 0.3 is 11.9 Å². The molecule has 2 aliphatic heterocycles. The summed E-state index contributed by atoms with van der Waals surface area (Å²) in [5.74, 6) is -3.28. The van der Waals surface area contributed by atoms with Crippen LogP contribution >= 0.6 is 0 Å². The van der Waals surface area contributed by atoms with Gasteiger partial charge in [-0.25, -0.2) is 9.59 Å². The van der Waals surface area contributed by atoms with E-state index in [1.54, 1.807) is 48.5 Å². The maximum absolute atomic E-state index is 13.2. The molecular formula is C27H27N5O5. The van der Waals surface area contributed by atoms with Crippen LogP contribution in [0.5, 0.6) is 0 Å². The summed E-state index contributed by atoms with van der Waals surface area (Å²) in [6, 6.07) is 15.7. The monoisotopic (exact) mass is 501 g/mol. The van der Waals surface area contributed by atoms with Crippen molar-refractivity contribution in [3.63, 3.8) is 0 Å². The minimum Gasteiger partial charge on any atom is -0.466 e. The number of nitrogens with two attached hydrogens (primary N) is 2. The maximum atomic E-state index is 13.2. The lowest BCUT2D eigenvalue weighted by molar-refractivity contribution is -0.139. The van der Waals surface area contributed by atoms with Gasteiger partial charge in [0, 0.05) is 18.8 Å². The highest BCUT2D eigenvalue weighted by molar-refractivity contribution is 6.07. The number of primary amides is 1. The standard InChI is InChI=1S/C27H27N5O5/c1-36-26(34)22-21(16-8-4-3-5-9-16)19(15-28)24(29)32(23(22)27(35)37-2)17-10-11-18(25(30)33)20(14-17)31-12-6-7-13-31/h3-5,8-11,14,21H,6-7,12-13,29H2,1-2H3,(H2,30,33). The van der Waals surface area contributed by atoms with Crippen LogP contribution in [0, 0.1) is 11.3 Å². The number of esters is 2. The third-order valence-corrected chi connectivity index (χ3v) is 6.56. The van der Waals surface area contributed by atoms with E-state index in [0.717, 1.165) is 25.9 Å². The van der Waals surface area contributed by atoms with Crippen molar-refractivity contribution in [3.05, 3.63) is 82.3 Å². The first kappa shape index (κ1) is 25.3. The van der Waals surface area contributed by atoms with Crippen LogP contribution in [0.1, 0.15) is 34.7 Å². The normalized spacial score (nSPS) is 17.5. The van der Waals surface area contributed by atoms with Crippen molar-refractivity contribution in [2.24, 2.45) is 11.5 Å². The number of hydrogen-bond donors (Lipinski definition) is 2. The highest BCUT2D eigenvalue weighted by atomic mass is 16.5. The summed E-state index contributed by atoms with van der Waals surface area (Å²) in [5, 5.41) is 10.2. The lowest BCUT2D eigenvalue weighted by Gasteiger charge is -2.36. The lowest BCUT2D eigenvalue weighted by atomic mass is 9.81. The fourth-order valence-electron chi connectivity index (χ4n) is 4.87. The number of anilines is 2. The summed E-state index contributed by atoms with van der Waals surface area (Å²) in [6.07, 6.45) is 1.90. The molecule has 2 heterocycles. The van der Waals surface area contributed by atoms with Crippen molar-refractivity contribution >= 4 is 29.2 Å². The molecule has 1 unspecified atom stereocenters. The fourth-order valence-corrected chi connectivity index (χ4v) is 4.87. The van der Waals surface area contributed by atoms with Gasteiger partial charge < -0.3 is 25.8 Å². The van der Waals surface area contributed by atoms with E-state index in [9.17, 15) is 19.6 Å². The summed E-state index contributed by atoms with van der Waals surface area (Å²) >= 11 is 0. The zero-order chi connectivity index (χ0) is 26.7. The summed E-state index contributed by atoms with van der Waals surface area (Å²) < 4.78 is 10.1. The number of nitriles is 1. The van der Waals surface area contributed by atoms with Gasteiger partial charge in [0.2, 0.25) is 0 Å². The molecule has 190 valence electrons. The molecule has 1 amide bonds. The summed E-state index contributed by atoms with van der Waals surface area (Å²) in [5.41, 5.74) is 13.8. The number of benzene rings is 2. The second-order valence-electron chi connectivity index (χ2n) is 8.60. The molecule has 1 saturated heterocycles. The number of nitrogens with zero attached hydrogens (tertiary/aromatic N) is 3. The molecule has 0 bridgehead atoms. The SMILES string of the molecule is COC(=O)C1=C(C(=O)OC)N(c2ccc(C(N)=O)c(N3CCCC3)c2)C(N)=C(C#N)C1c1ccccc1. The molecule has 0 saturated carbocycles. The van der Waals surface area contributed by atoms with Gasteiger partial charge in [-0.1, -0.05) is 30.3 Å². The van der Waals surface area contributed by atoms with Crippen molar-refractivity contribution in [2.45, 2.75) is 18.8 Å². The minimum atomic E-state index is -0.966. The summed E-state index contributed by atoms with van der Waals surface area (Å²) in [6.45, 7) is 1.45. The first-order chi connectivity index (χ1) is 17.8. The second-order valence-corrected chi connectivity index (χ2v) is 8.60.